The fourth-order valence-electron chi connectivity index (χ4n) is 3.99. The van der Waals surface area contributed by atoms with Crippen molar-refractivity contribution in [2.45, 2.75) is 121 Å². The molecule has 0 aromatic heterocycles. The van der Waals surface area contributed by atoms with Crippen LogP contribution in [-0.4, -0.2) is 64.2 Å². The van der Waals surface area contributed by atoms with Crippen LogP contribution in [0.3, 0.4) is 0 Å². The van der Waals surface area contributed by atoms with E-state index in [1.165, 1.54) is 64.9 Å². The van der Waals surface area contributed by atoms with Gasteiger partial charge in [-0.3, -0.25) is 4.79 Å². The first-order chi connectivity index (χ1) is 13.9. The number of carbonyl (C=O) groups is 1. The van der Waals surface area contributed by atoms with Crippen molar-refractivity contribution < 1.29 is 34.7 Å². The van der Waals surface area contributed by atoms with Gasteiger partial charge >= 0.3 is 5.97 Å². The van der Waals surface area contributed by atoms with Gasteiger partial charge in [0, 0.05) is 0 Å². The van der Waals surface area contributed by atoms with Crippen LogP contribution in [0.4, 0.5) is 0 Å². The summed E-state index contributed by atoms with van der Waals surface area (Å²) in [5, 5.41) is 39.4. The molecule has 1 rings (SSSR count). The molecule has 1 heterocycles. The largest absolute Gasteiger partial charge is 0.469 e. The molecule has 1 aliphatic heterocycles. The maximum atomic E-state index is 12.1. The molecule has 1 aliphatic rings. The molecule has 7 nitrogen and oxygen atoms in total. The van der Waals surface area contributed by atoms with Gasteiger partial charge in [0.15, 0.2) is 6.29 Å². The minimum Gasteiger partial charge on any atom is -0.469 e. The number of aliphatic hydroxyl groups excluding tert-OH is 4. The molecule has 6 atom stereocenters. The van der Waals surface area contributed by atoms with Gasteiger partial charge in [-0.25, -0.2) is 0 Å². The zero-order valence-corrected chi connectivity index (χ0v) is 18.2. The quantitative estimate of drug-likeness (QED) is 0.239. The first-order valence-electron chi connectivity index (χ1n) is 11.4. The summed E-state index contributed by atoms with van der Waals surface area (Å²) in [5.41, 5.74) is 0. The number of methoxy groups -OCH3 is 1. The number of hydrogen-bond donors (Lipinski definition) is 4. The molecule has 0 aromatic carbocycles. The van der Waals surface area contributed by atoms with E-state index in [1.54, 1.807) is 0 Å². The fraction of sp³-hybridized carbons (Fsp3) is 0.955. The van der Waals surface area contributed by atoms with Crippen LogP contribution in [0.2, 0.25) is 0 Å². The highest BCUT2D eigenvalue weighted by atomic mass is 16.6. The van der Waals surface area contributed by atoms with E-state index in [0.29, 0.717) is 6.42 Å². The van der Waals surface area contributed by atoms with Crippen LogP contribution >= 0.6 is 0 Å². The summed E-state index contributed by atoms with van der Waals surface area (Å²) in [5.74, 6) is -1.34. The van der Waals surface area contributed by atoms with Crippen LogP contribution in [0.25, 0.3) is 0 Å². The Hall–Kier alpha value is -0.730. The van der Waals surface area contributed by atoms with Gasteiger partial charge in [-0.2, -0.15) is 0 Å². The van der Waals surface area contributed by atoms with Crippen molar-refractivity contribution in [2.24, 2.45) is 5.92 Å². The number of esters is 1. The van der Waals surface area contributed by atoms with Crippen molar-refractivity contribution in [2.75, 3.05) is 7.11 Å². The Morgan fingerprint density at radius 3 is 1.76 bits per heavy atom. The molecule has 0 saturated carbocycles. The average Bonchev–Trinajstić information content (AvgIpc) is 2.72. The number of carbonyl (C=O) groups excluding carboxylic acids is 1. The van der Waals surface area contributed by atoms with Crippen LogP contribution in [0, 0.1) is 5.92 Å². The van der Waals surface area contributed by atoms with Gasteiger partial charge in [-0.15, -0.1) is 0 Å². The molecule has 0 radical (unpaired) electrons. The van der Waals surface area contributed by atoms with Gasteiger partial charge in [0.05, 0.1) is 13.0 Å². The smallest absolute Gasteiger partial charge is 0.311 e. The van der Waals surface area contributed by atoms with Gasteiger partial charge in [0.25, 0.3) is 0 Å². The topological polar surface area (TPSA) is 116 Å². The molecule has 29 heavy (non-hydrogen) atoms. The molecule has 7 heteroatoms. The maximum absolute atomic E-state index is 12.1. The highest BCUT2D eigenvalue weighted by Crippen LogP contribution is 2.29. The number of unbranched alkanes of at least 4 members (excludes halogenated alkanes) is 11. The predicted octanol–water partition coefficient (Wildman–Crippen LogP) is 2.67. The summed E-state index contributed by atoms with van der Waals surface area (Å²) in [7, 11) is 1.26. The van der Waals surface area contributed by atoms with Crippen LogP contribution in [0.15, 0.2) is 0 Å². The Kier molecular flexibility index (Phi) is 13.7. The summed E-state index contributed by atoms with van der Waals surface area (Å²) in [6.45, 7) is 2.23. The molecule has 1 fully saturated rings. The van der Waals surface area contributed by atoms with Gasteiger partial charge in [0.1, 0.15) is 24.4 Å². The molecule has 0 bridgehead atoms. The average molecular weight is 419 g/mol. The summed E-state index contributed by atoms with van der Waals surface area (Å²) in [4.78, 5) is 12.1. The minimum absolute atomic E-state index is 0.432. The van der Waals surface area contributed by atoms with E-state index in [9.17, 15) is 25.2 Å². The molecule has 2 unspecified atom stereocenters. The van der Waals surface area contributed by atoms with Crippen LogP contribution < -0.4 is 0 Å². The van der Waals surface area contributed by atoms with E-state index < -0.39 is 42.6 Å². The zero-order chi connectivity index (χ0) is 21.6. The van der Waals surface area contributed by atoms with E-state index >= 15 is 0 Å². The lowest BCUT2D eigenvalue weighted by atomic mass is 9.86. The lowest BCUT2D eigenvalue weighted by Gasteiger charge is -2.40. The van der Waals surface area contributed by atoms with Crippen molar-refractivity contribution in [1.82, 2.24) is 0 Å². The van der Waals surface area contributed by atoms with Gasteiger partial charge in [-0.05, 0) is 6.42 Å². The standard InChI is InChI=1S/C22H42O7/c1-3-4-5-6-7-8-9-10-11-12-13-14-15-16(21(26)28-2)20-18(24)17(23)19(25)22(27)29-20/h16-20,22-25,27H,3-15H2,1-2H3/t16?,17-,18-,19+,20+,22?/m0/s1. The zero-order valence-electron chi connectivity index (χ0n) is 18.2. The van der Waals surface area contributed by atoms with Crippen LogP contribution in [-0.2, 0) is 14.3 Å². The summed E-state index contributed by atoms with van der Waals surface area (Å²) in [6, 6.07) is 0. The SMILES string of the molecule is CCCCCCCCCCCCCCC(C(=O)OC)[C@H]1OC(O)[C@H](O)[C@@H](O)[C@@H]1O. The van der Waals surface area contributed by atoms with Crippen molar-refractivity contribution in [1.29, 1.82) is 0 Å². The molecular formula is C22H42O7. The molecule has 0 amide bonds. The van der Waals surface area contributed by atoms with Crippen molar-refractivity contribution in [3.8, 4) is 0 Å². The van der Waals surface area contributed by atoms with Gasteiger partial charge in [-0.1, -0.05) is 84.0 Å². The lowest BCUT2D eigenvalue weighted by Crippen LogP contribution is -2.60. The summed E-state index contributed by atoms with van der Waals surface area (Å²) >= 11 is 0. The Labute approximate surface area is 175 Å². The monoisotopic (exact) mass is 418 g/mol. The molecule has 0 spiro atoms. The lowest BCUT2D eigenvalue weighted by molar-refractivity contribution is -0.291. The Bertz CT molecular complexity index is 431. The Morgan fingerprint density at radius 1 is 0.793 bits per heavy atom. The Balaban J connectivity index is 2.25. The number of aliphatic hydroxyl groups is 4. The van der Waals surface area contributed by atoms with Crippen LogP contribution in [0.5, 0.6) is 0 Å². The Morgan fingerprint density at radius 2 is 1.28 bits per heavy atom. The van der Waals surface area contributed by atoms with E-state index in [1.807, 2.05) is 0 Å². The van der Waals surface area contributed by atoms with Crippen molar-refractivity contribution >= 4 is 5.97 Å². The van der Waals surface area contributed by atoms with Gasteiger partial charge < -0.3 is 29.9 Å². The normalized spacial score (nSPS) is 28.3. The fourth-order valence-corrected chi connectivity index (χ4v) is 3.99. The van der Waals surface area contributed by atoms with Crippen molar-refractivity contribution in [3.63, 3.8) is 0 Å². The second-order valence-electron chi connectivity index (χ2n) is 8.27. The highest BCUT2D eigenvalue weighted by molar-refractivity contribution is 5.73. The first-order valence-corrected chi connectivity index (χ1v) is 11.4. The minimum atomic E-state index is -1.65. The van der Waals surface area contributed by atoms with E-state index in [4.69, 9.17) is 9.47 Å². The van der Waals surface area contributed by atoms with E-state index in [-0.39, 0.29) is 0 Å². The van der Waals surface area contributed by atoms with E-state index in [0.717, 1.165) is 19.3 Å². The molecule has 0 aromatic rings. The third-order valence-corrected chi connectivity index (χ3v) is 5.89. The molecular weight excluding hydrogens is 376 g/mol. The highest BCUT2D eigenvalue weighted by Gasteiger charge is 2.48. The third-order valence-electron chi connectivity index (χ3n) is 5.89. The molecule has 172 valence electrons. The van der Waals surface area contributed by atoms with E-state index in [2.05, 4.69) is 6.92 Å². The third kappa shape index (κ3) is 9.30. The summed E-state index contributed by atoms with van der Waals surface area (Å²) < 4.78 is 10.0. The molecule has 0 aliphatic carbocycles. The summed E-state index contributed by atoms with van der Waals surface area (Å²) in [6.07, 6.45) is 7.48. The first kappa shape index (κ1) is 26.3. The predicted molar refractivity (Wildman–Crippen MR) is 110 cm³/mol. The second kappa shape index (κ2) is 15.1. The van der Waals surface area contributed by atoms with Crippen LogP contribution in [0.1, 0.15) is 90.4 Å². The second-order valence-corrected chi connectivity index (χ2v) is 8.27. The molecule has 4 N–H and O–H groups in total. The number of hydrogen-bond acceptors (Lipinski definition) is 7. The molecule has 1 saturated heterocycles. The van der Waals surface area contributed by atoms with Crippen molar-refractivity contribution in [3.05, 3.63) is 0 Å². The maximum Gasteiger partial charge on any atom is 0.311 e. The van der Waals surface area contributed by atoms with Gasteiger partial charge in [0.2, 0.25) is 0 Å². The number of ether oxygens (including phenoxy) is 2. The number of rotatable bonds is 15.